The number of carbonyl (C=O) groups excluding carboxylic acids is 1. The van der Waals surface area contributed by atoms with Crippen LogP contribution in [0.1, 0.15) is 19.4 Å². The first kappa shape index (κ1) is 18.8. The van der Waals surface area contributed by atoms with Crippen molar-refractivity contribution >= 4 is 31.6 Å². The van der Waals surface area contributed by atoms with Crippen molar-refractivity contribution in [2.24, 2.45) is 0 Å². The predicted octanol–water partition coefficient (Wildman–Crippen LogP) is 0.130. The molecule has 0 atom stereocenters. The summed E-state index contributed by atoms with van der Waals surface area (Å²) >= 11 is 0. The van der Waals surface area contributed by atoms with E-state index in [0.717, 1.165) is 6.26 Å². The number of sulfonamides is 2. The fourth-order valence-electron chi connectivity index (χ4n) is 2.55. The van der Waals surface area contributed by atoms with E-state index in [0.29, 0.717) is 11.3 Å². The van der Waals surface area contributed by atoms with Crippen molar-refractivity contribution in [3.05, 3.63) is 23.8 Å². The van der Waals surface area contributed by atoms with E-state index in [2.05, 4.69) is 10.0 Å². The highest BCUT2D eigenvalue weighted by Crippen LogP contribution is 2.25. The fraction of sp³-hybridized carbons (Fsp3) is 0.500. The van der Waals surface area contributed by atoms with E-state index in [1.54, 1.807) is 19.9 Å². The zero-order chi connectivity index (χ0) is 18.1. The van der Waals surface area contributed by atoms with Gasteiger partial charge in [0, 0.05) is 24.8 Å². The molecule has 1 aliphatic heterocycles. The standard InChI is InChI=1S/C14H21N3O5S2/c1-10(2)17(23(3,19)20)7-6-15-24(21,22)12-4-5-13-11(8-12)9-14(18)16-13/h4-5,8,10,15H,6-7,9H2,1-3H3,(H,16,18). The van der Waals surface area contributed by atoms with Crippen molar-refractivity contribution in [1.82, 2.24) is 9.03 Å². The minimum atomic E-state index is -3.78. The first-order valence-electron chi connectivity index (χ1n) is 7.40. The summed E-state index contributed by atoms with van der Waals surface area (Å²) in [6, 6.07) is 4.14. The van der Waals surface area contributed by atoms with Gasteiger partial charge >= 0.3 is 0 Å². The van der Waals surface area contributed by atoms with Crippen molar-refractivity contribution in [3.63, 3.8) is 0 Å². The van der Waals surface area contributed by atoms with Crippen molar-refractivity contribution in [1.29, 1.82) is 0 Å². The molecule has 0 radical (unpaired) electrons. The van der Waals surface area contributed by atoms with Gasteiger partial charge in [-0.15, -0.1) is 0 Å². The van der Waals surface area contributed by atoms with Crippen LogP contribution in [0, 0.1) is 0 Å². The predicted molar refractivity (Wildman–Crippen MR) is 90.7 cm³/mol. The van der Waals surface area contributed by atoms with Gasteiger partial charge in [0.15, 0.2) is 0 Å². The van der Waals surface area contributed by atoms with Gasteiger partial charge in [-0.3, -0.25) is 4.79 Å². The number of hydrogen-bond donors (Lipinski definition) is 2. The van der Waals surface area contributed by atoms with Crippen molar-refractivity contribution < 1.29 is 21.6 Å². The SMILES string of the molecule is CC(C)N(CCNS(=O)(=O)c1ccc2c(c1)CC(=O)N2)S(C)(=O)=O. The molecule has 1 aliphatic rings. The van der Waals surface area contributed by atoms with E-state index in [9.17, 15) is 21.6 Å². The maximum atomic E-state index is 12.3. The maximum Gasteiger partial charge on any atom is 0.240 e. The Bertz CT molecular complexity index is 847. The van der Waals surface area contributed by atoms with Crippen molar-refractivity contribution in [3.8, 4) is 0 Å². The maximum absolute atomic E-state index is 12.3. The molecule has 134 valence electrons. The van der Waals surface area contributed by atoms with Gasteiger partial charge in [-0.25, -0.2) is 21.6 Å². The Morgan fingerprint density at radius 3 is 2.50 bits per heavy atom. The molecule has 2 rings (SSSR count). The molecule has 10 heteroatoms. The van der Waals surface area contributed by atoms with E-state index in [-0.39, 0.29) is 36.4 Å². The van der Waals surface area contributed by atoms with Crippen molar-refractivity contribution in [2.45, 2.75) is 31.2 Å². The van der Waals surface area contributed by atoms with Gasteiger partial charge in [0.25, 0.3) is 0 Å². The zero-order valence-electron chi connectivity index (χ0n) is 13.7. The van der Waals surface area contributed by atoms with E-state index < -0.39 is 20.0 Å². The number of hydrogen-bond acceptors (Lipinski definition) is 5. The van der Waals surface area contributed by atoms with Crippen LogP contribution in [-0.4, -0.2) is 52.4 Å². The van der Waals surface area contributed by atoms with Gasteiger partial charge in [0.2, 0.25) is 26.0 Å². The van der Waals surface area contributed by atoms with Gasteiger partial charge < -0.3 is 5.32 Å². The summed E-state index contributed by atoms with van der Waals surface area (Å²) in [5, 5.41) is 2.64. The Morgan fingerprint density at radius 2 is 1.92 bits per heavy atom. The lowest BCUT2D eigenvalue weighted by molar-refractivity contribution is -0.115. The van der Waals surface area contributed by atoms with Crippen LogP contribution in [0.4, 0.5) is 5.69 Å². The lowest BCUT2D eigenvalue weighted by atomic mass is 10.2. The molecule has 24 heavy (non-hydrogen) atoms. The quantitative estimate of drug-likeness (QED) is 0.703. The molecule has 0 saturated heterocycles. The van der Waals surface area contributed by atoms with Crippen LogP contribution < -0.4 is 10.0 Å². The molecule has 1 amide bonds. The molecule has 2 N–H and O–H groups in total. The molecule has 0 fully saturated rings. The summed E-state index contributed by atoms with van der Waals surface area (Å²) in [7, 11) is -7.18. The molecule has 0 aromatic heterocycles. The van der Waals surface area contributed by atoms with Crippen LogP contribution in [0.2, 0.25) is 0 Å². The number of anilines is 1. The molecular weight excluding hydrogens is 354 g/mol. The summed E-state index contributed by atoms with van der Waals surface area (Å²) < 4.78 is 51.6. The second kappa shape index (κ2) is 6.79. The van der Waals surface area contributed by atoms with Gasteiger partial charge in [-0.1, -0.05) is 0 Å². The Morgan fingerprint density at radius 1 is 1.25 bits per heavy atom. The molecule has 0 aliphatic carbocycles. The first-order chi connectivity index (χ1) is 11.0. The molecule has 1 aromatic carbocycles. The molecular formula is C14H21N3O5S2. The minimum Gasteiger partial charge on any atom is -0.326 e. The first-order valence-corrected chi connectivity index (χ1v) is 10.7. The molecule has 0 saturated carbocycles. The zero-order valence-corrected chi connectivity index (χ0v) is 15.4. The number of fused-ring (bicyclic) bond motifs is 1. The lowest BCUT2D eigenvalue weighted by Gasteiger charge is -2.23. The van der Waals surface area contributed by atoms with Crippen LogP contribution in [0.5, 0.6) is 0 Å². The highest BCUT2D eigenvalue weighted by molar-refractivity contribution is 7.89. The Kier molecular flexibility index (Phi) is 5.33. The van der Waals surface area contributed by atoms with Crippen LogP contribution >= 0.6 is 0 Å². The Hall–Kier alpha value is -1.49. The van der Waals surface area contributed by atoms with E-state index in [1.807, 2.05) is 0 Å². The third kappa shape index (κ3) is 4.32. The second-order valence-corrected chi connectivity index (χ2v) is 9.61. The Balaban J connectivity index is 2.07. The fourth-order valence-corrected chi connectivity index (χ4v) is 4.81. The summed E-state index contributed by atoms with van der Waals surface area (Å²) in [4.78, 5) is 11.4. The smallest absolute Gasteiger partial charge is 0.240 e. The number of nitrogens with zero attached hydrogens (tertiary/aromatic N) is 1. The normalized spacial score (nSPS) is 15.0. The van der Waals surface area contributed by atoms with Gasteiger partial charge in [0.1, 0.15) is 0 Å². The van der Waals surface area contributed by atoms with Gasteiger partial charge in [0.05, 0.1) is 17.6 Å². The third-order valence-corrected chi connectivity index (χ3v) is 6.55. The monoisotopic (exact) mass is 375 g/mol. The Labute approximate surface area is 142 Å². The molecule has 1 aromatic rings. The van der Waals surface area contributed by atoms with E-state index in [4.69, 9.17) is 0 Å². The lowest BCUT2D eigenvalue weighted by Crippen LogP contribution is -2.41. The summed E-state index contributed by atoms with van der Waals surface area (Å²) in [5.74, 6) is -0.173. The average Bonchev–Trinajstić information content (AvgIpc) is 2.80. The van der Waals surface area contributed by atoms with Crippen molar-refractivity contribution in [2.75, 3.05) is 24.7 Å². The largest absolute Gasteiger partial charge is 0.326 e. The van der Waals surface area contributed by atoms with E-state index >= 15 is 0 Å². The second-order valence-electron chi connectivity index (χ2n) is 5.91. The third-order valence-electron chi connectivity index (χ3n) is 3.64. The summed E-state index contributed by atoms with van der Waals surface area (Å²) in [5.41, 5.74) is 1.24. The van der Waals surface area contributed by atoms with Crippen LogP contribution in [-0.2, 0) is 31.3 Å². The number of benzene rings is 1. The van der Waals surface area contributed by atoms with Gasteiger partial charge in [-0.05, 0) is 37.6 Å². The molecule has 0 unspecified atom stereocenters. The molecule has 1 heterocycles. The minimum absolute atomic E-state index is 0.0398. The summed E-state index contributed by atoms with van der Waals surface area (Å²) in [6.45, 7) is 3.45. The van der Waals surface area contributed by atoms with Gasteiger partial charge in [-0.2, -0.15) is 4.31 Å². The number of nitrogens with one attached hydrogen (secondary N) is 2. The highest BCUT2D eigenvalue weighted by atomic mass is 32.2. The molecule has 0 spiro atoms. The molecule has 8 nitrogen and oxygen atoms in total. The average molecular weight is 375 g/mol. The number of carbonyl (C=O) groups is 1. The number of rotatable bonds is 7. The molecule has 0 bridgehead atoms. The summed E-state index contributed by atoms with van der Waals surface area (Å²) in [6.07, 6.45) is 1.24. The topological polar surface area (TPSA) is 113 Å². The van der Waals surface area contributed by atoms with Crippen LogP contribution in [0.15, 0.2) is 23.1 Å². The number of amides is 1. The van der Waals surface area contributed by atoms with Crippen LogP contribution in [0.3, 0.4) is 0 Å². The van der Waals surface area contributed by atoms with E-state index in [1.165, 1.54) is 16.4 Å². The highest BCUT2D eigenvalue weighted by Gasteiger charge is 2.23. The van der Waals surface area contributed by atoms with Crippen LogP contribution in [0.25, 0.3) is 0 Å².